The van der Waals surface area contributed by atoms with Gasteiger partial charge in [0, 0.05) is 29.8 Å². The minimum absolute atomic E-state index is 0.185. The normalized spacial score (nSPS) is 20.5. The molecule has 2 saturated carbocycles. The Morgan fingerprint density at radius 1 is 1.26 bits per heavy atom. The topological polar surface area (TPSA) is 25.2 Å². The van der Waals surface area contributed by atoms with Crippen LogP contribution in [0.25, 0.3) is 0 Å². The summed E-state index contributed by atoms with van der Waals surface area (Å²) >= 11 is 3.50. The maximum absolute atomic E-state index is 12.7. The number of aromatic nitrogens is 1. The quantitative estimate of drug-likeness (QED) is 0.825. The van der Waals surface area contributed by atoms with Crippen LogP contribution in [0.4, 0.5) is 0 Å². The van der Waals surface area contributed by atoms with Crippen molar-refractivity contribution in [3.05, 3.63) is 22.4 Å². The van der Waals surface area contributed by atoms with Crippen molar-refractivity contribution in [2.24, 2.45) is 0 Å². The summed E-state index contributed by atoms with van der Waals surface area (Å²) in [5.74, 6) is 0.185. The van der Waals surface area contributed by atoms with Gasteiger partial charge in [-0.2, -0.15) is 0 Å². The van der Waals surface area contributed by atoms with Crippen LogP contribution in [0, 0.1) is 0 Å². The summed E-state index contributed by atoms with van der Waals surface area (Å²) in [5, 5.41) is 0. The highest BCUT2D eigenvalue weighted by Crippen LogP contribution is 2.38. The van der Waals surface area contributed by atoms with E-state index in [4.69, 9.17) is 0 Å². The Bertz CT molecular complexity index is 472. The van der Waals surface area contributed by atoms with E-state index in [1.54, 1.807) is 0 Å². The summed E-state index contributed by atoms with van der Waals surface area (Å²) < 4.78 is 3.17. The molecule has 0 spiro atoms. The summed E-state index contributed by atoms with van der Waals surface area (Å²) in [6.45, 7) is 0. The molecule has 0 unspecified atom stereocenters. The lowest BCUT2D eigenvalue weighted by Gasteiger charge is -2.31. The van der Waals surface area contributed by atoms with Crippen LogP contribution in [0.1, 0.15) is 61.5 Å². The Hall–Kier alpha value is -0.770. The number of nitrogens with zero attached hydrogens (tertiary/aromatic N) is 2. The van der Waals surface area contributed by atoms with Crippen LogP contribution in [-0.2, 0) is 0 Å². The van der Waals surface area contributed by atoms with Crippen LogP contribution in [0.3, 0.4) is 0 Å². The Labute approximate surface area is 123 Å². The Morgan fingerprint density at radius 3 is 2.58 bits per heavy atom. The van der Waals surface area contributed by atoms with Gasteiger partial charge in [-0.1, -0.05) is 19.3 Å². The molecule has 0 saturated heterocycles. The van der Waals surface area contributed by atoms with E-state index in [9.17, 15) is 4.79 Å². The number of carbonyl (C=O) groups excluding carboxylic acids is 1. The SMILES string of the molecule is CN(C(=O)c1cc(Br)cn1C1CC1)C1CCCCC1. The third-order valence-corrected chi connectivity index (χ3v) is 4.85. The third-order valence-electron chi connectivity index (χ3n) is 4.42. The zero-order chi connectivity index (χ0) is 13.4. The molecular weight excluding hydrogens is 304 g/mol. The van der Waals surface area contributed by atoms with Crippen LogP contribution in [0.2, 0.25) is 0 Å². The highest BCUT2D eigenvalue weighted by molar-refractivity contribution is 9.10. The maximum Gasteiger partial charge on any atom is 0.270 e. The van der Waals surface area contributed by atoms with E-state index >= 15 is 0 Å². The fraction of sp³-hybridized carbons (Fsp3) is 0.667. The number of halogens is 1. The van der Waals surface area contributed by atoms with Gasteiger partial charge in [0.1, 0.15) is 5.69 Å². The molecule has 3 rings (SSSR count). The fourth-order valence-electron chi connectivity index (χ4n) is 3.09. The molecule has 19 heavy (non-hydrogen) atoms. The van der Waals surface area contributed by atoms with Crippen molar-refractivity contribution in [2.75, 3.05) is 7.05 Å². The molecule has 1 amide bonds. The second kappa shape index (κ2) is 5.31. The molecule has 4 heteroatoms. The monoisotopic (exact) mass is 324 g/mol. The van der Waals surface area contributed by atoms with Crippen molar-refractivity contribution in [3.8, 4) is 0 Å². The van der Waals surface area contributed by atoms with Crippen molar-refractivity contribution in [1.82, 2.24) is 9.47 Å². The minimum Gasteiger partial charge on any atom is -0.339 e. The number of amides is 1. The smallest absolute Gasteiger partial charge is 0.270 e. The second-order valence-corrected chi connectivity index (χ2v) is 6.81. The van der Waals surface area contributed by atoms with Crippen molar-refractivity contribution in [1.29, 1.82) is 0 Å². The summed E-state index contributed by atoms with van der Waals surface area (Å²) in [7, 11) is 1.97. The molecule has 2 aliphatic rings. The lowest BCUT2D eigenvalue weighted by molar-refractivity contribution is 0.0685. The highest BCUT2D eigenvalue weighted by Gasteiger charge is 2.30. The maximum atomic E-state index is 12.7. The first-order valence-electron chi connectivity index (χ1n) is 7.31. The number of carbonyl (C=O) groups is 1. The summed E-state index contributed by atoms with van der Waals surface area (Å²) in [6, 6.07) is 2.95. The molecule has 0 radical (unpaired) electrons. The summed E-state index contributed by atoms with van der Waals surface area (Å²) in [4.78, 5) is 14.7. The zero-order valence-electron chi connectivity index (χ0n) is 11.4. The van der Waals surface area contributed by atoms with Gasteiger partial charge in [0.25, 0.3) is 5.91 Å². The first kappa shape index (κ1) is 13.2. The average molecular weight is 325 g/mol. The van der Waals surface area contributed by atoms with E-state index in [1.165, 1.54) is 32.1 Å². The van der Waals surface area contributed by atoms with Gasteiger partial charge in [0.2, 0.25) is 0 Å². The van der Waals surface area contributed by atoms with E-state index in [1.807, 2.05) is 18.0 Å². The fourth-order valence-corrected chi connectivity index (χ4v) is 3.52. The predicted molar refractivity (Wildman–Crippen MR) is 79.4 cm³/mol. The van der Waals surface area contributed by atoms with Crippen molar-refractivity contribution < 1.29 is 4.79 Å². The molecule has 3 nitrogen and oxygen atoms in total. The van der Waals surface area contributed by atoms with Gasteiger partial charge in [-0.3, -0.25) is 4.79 Å². The molecule has 1 aromatic heterocycles. The lowest BCUT2D eigenvalue weighted by Crippen LogP contribution is -2.39. The summed E-state index contributed by atoms with van der Waals surface area (Å²) in [5.41, 5.74) is 0.849. The molecular formula is C15H21BrN2O. The van der Waals surface area contributed by atoms with Crippen LogP contribution in [-0.4, -0.2) is 28.5 Å². The van der Waals surface area contributed by atoms with Gasteiger partial charge < -0.3 is 9.47 Å². The number of hydrogen-bond acceptors (Lipinski definition) is 1. The van der Waals surface area contributed by atoms with Crippen LogP contribution in [0.15, 0.2) is 16.7 Å². The Kier molecular flexibility index (Phi) is 3.70. The van der Waals surface area contributed by atoms with Gasteiger partial charge in [-0.25, -0.2) is 0 Å². The molecule has 0 aromatic carbocycles. The van der Waals surface area contributed by atoms with E-state index in [0.29, 0.717) is 12.1 Å². The molecule has 0 aliphatic heterocycles. The second-order valence-electron chi connectivity index (χ2n) is 5.89. The van der Waals surface area contributed by atoms with Gasteiger partial charge >= 0.3 is 0 Å². The minimum atomic E-state index is 0.185. The molecule has 104 valence electrons. The molecule has 1 aromatic rings. The van der Waals surface area contributed by atoms with E-state index in [0.717, 1.165) is 23.0 Å². The van der Waals surface area contributed by atoms with Crippen LogP contribution in [0.5, 0.6) is 0 Å². The van der Waals surface area contributed by atoms with E-state index < -0.39 is 0 Å². The van der Waals surface area contributed by atoms with Crippen LogP contribution >= 0.6 is 15.9 Å². The van der Waals surface area contributed by atoms with Gasteiger partial charge in [0.05, 0.1) is 0 Å². The average Bonchev–Trinajstić information content (AvgIpc) is 3.21. The zero-order valence-corrected chi connectivity index (χ0v) is 13.0. The largest absolute Gasteiger partial charge is 0.339 e. The van der Waals surface area contributed by atoms with Gasteiger partial charge in [0.15, 0.2) is 0 Å². The Morgan fingerprint density at radius 2 is 1.95 bits per heavy atom. The van der Waals surface area contributed by atoms with Crippen LogP contribution < -0.4 is 0 Å². The van der Waals surface area contributed by atoms with Crippen molar-refractivity contribution in [3.63, 3.8) is 0 Å². The number of rotatable bonds is 3. The molecule has 2 aliphatic carbocycles. The van der Waals surface area contributed by atoms with Gasteiger partial charge in [-0.15, -0.1) is 0 Å². The standard InChI is InChI=1S/C15H21BrN2O/c1-17(12-5-3-2-4-6-12)15(19)14-9-11(16)10-18(14)13-7-8-13/h9-10,12-13H,2-8H2,1H3. The third kappa shape index (κ3) is 2.73. The molecule has 2 fully saturated rings. The number of hydrogen-bond donors (Lipinski definition) is 0. The van der Waals surface area contributed by atoms with Crippen molar-refractivity contribution in [2.45, 2.75) is 57.0 Å². The first-order valence-corrected chi connectivity index (χ1v) is 8.10. The Balaban J connectivity index is 1.78. The van der Waals surface area contributed by atoms with Gasteiger partial charge in [-0.05, 0) is 47.7 Å². The van der Waals surface area contributed by atoms with Crippen molar-refractivity contribution >= 4 is 21.8 Å². The predicted octanol–water partition coefficient (Wildman–Crippen LogP) is 3.99. The molecule has 1 heterocycles. The van der Waals surface area contributed by atoms with E-state index in [-0.39, 0.29) is 5.91 Å². The molecule has 0 N–H and O–H groups in total. The lowest BCUT2D eigenvalue weighted by atomic mass is 9.94. The van der Waals surface area contributed by atoms with E-state index in [2.05, 4.69) is 26.7 Å². The molecule has 0 atom stereocenters. The molecule has 0 bridgehead atoms. The highest BCUT2D eigenvalue weighted by atomic mass is 79.9. The first-order chi connectivity index (χ1) is 9.16. The summed E-state index contributed by atoms with van der Waals surface area (Å²) in [6.07, 6.45) is 10.6.